The number of oxazole rings is 1. The molecule has 0 saturated carbocycles. The lowest BCUT2D eigenvalue weighted by atomic mass is 10.0. The number of carbonyl (C=O) groups excluding carboxylic acids is 1. The van der Waals surface area contributed by atoms with E-state index in [1.165, 1.54) is 0 Å². The number of piperidine rings is 1. The molecule has 1 N–H and O–H groups in total. The van der Waals surface area contributed by atoms with Crippen LogP contribution in [-0.4, -0.2) is 38.7 Å². The number of likely N-dealkylation sites (tertiary alicyclic amines) is 1. The number of benzene rings is 1. The number of aromatic amines is 1. The molecule has 3 heterocycles. The Labute approximate surface area is 160 Å². The summed E-state index contributed by atoms with van der Waals surface area (Å²) in [5, 5.41) is 7.62. The molecule has 7 nitrogen and oxygen atoms in total. The van der Waals surface area contributed by atoms with Gasteiger partial charge >= 0.3 is 5.76 Å². The van der Waals surface area contributed by atoms with Crippen molar-refractivity contribution in [2.75, 3.05) is 13.1 Å². The SMILES string of the molecule is CC(C)c1cc(C(=O)N2CCCC(n3c(=O)oc4ccc(Cl)cc43)C2)n[nH]1. The van der Waals surface area contributed by atoms with E-state index in [9.17, 15) is 9.59 Å². The highest BCUT2D eigenvalue weighted by Crippen LogP contribution is 2.27. The average molecular weight is 389 g/mol. The molecule has 4 rings (SSSR count). The molecule has 1 saturated heterocycles. The Hall–Kier alpha value is -2.54. The molecule has 8 heteroatoms. The van der Waals surface area contributed by atoms with Gasteiger partial charge in [0.15, 0.2) is 5.58 Å². The van der Waals surface area contributed by atoms with E-state index in [4.69, 9.17) is 16.0 Å². The molecule has 1 aliphatic rings. The first-order valence-corrected chi connectivity index (χ1v) is 9.47. The van der Waals surface area contributed by atoms with E-state index in [0.717, 1.165) is 18.5 Å². The van der Waals surface area contributed by atoms with Gasteiger partial charge in [-0.05, 0) is 43.0 Å². The number of rotatable bonds is 3. The molecule has 3 aromatic rings. The van der Waals surface area contributed by atoms with Crippen molar-refractivity contribution in [3.63, 3.8) is 0 Å². The Morgan fingerprint density at radius 2 is 2.19 bits per heavy atom. The van der Waals surface area contributed by atoms with E-state index < -0.39 is 5.76 Å². The number of halogens is 1. The zero-order chi connectivity index (χ0) is 19.1. The lowest BCUT2D eigenvalue weighted by Crippen LogP contribution is -2.42. The van der Waals surface area contributed by atoms with Gasteiger partial charge in [0.25, 0.3) is 5.91 Å². The zero-order valence-electron chi connectivity index (χ0n) is 15.2. The maximum atomic E-state index is 12.9. The highest BCUT2D eigenvalue weighted by Gasteiger charge is 2.29. The van der Waals surface area contributed by atoms with Gasteiger partial charge in [0, 0.05) is 23.8 Å². The second kappa shape index (κ2) is 6.88. The molecule has 142 valence electrons. The number of H-pyrrole nitrogens is 1. The molecular weight excluding hydrogens is 368 g/mol. The van der Waals surface area contributed by atoms with Crippen molar-refractivity contribution in [3.8, 4) is 0 Å². The minimum atomic E-state index is -0.423. The molecule has 1 atom stereocenters. The Morgan fingerprint density at radius 3 is 2.93 bits per heavy atom. The Bertz CT molecular complexity index is 1050. The third-order valence-electron chi connectivity index (χ3n) is 5.06. The van der Waals surface area contributed by atoms with E-state index in [-0.39, 0.29) is 17.9 Å². The van der Waals surface area contributed by atoms with Crippen LogP contribution in [0.25, 0.3) is 11.1 Å². The summed E-state index contributed by atoms with van der Waals surface area (Å²) in [4.78, 5) is 27.0. The Morgan fingerprint density at radius 1 is 1.37 bits per heavy atom. The molecule has 0 aliphatic carbocycles. The van der Waals surface area contributed by atoms with Crippen LogP contribution in [0.1, 0.15) is 54.8 Å². The first-order chi connectivity index (χ1) is 12.9. The van der Waals surface area contributed by atoms with Gasteiger partial charge in [-0.2, -0.15) is 5.10 Å². The summed E-state index contributed by atoms with van der Waals surface area (Å²) in [6, 6.07) is 6.76. The molecule has 27 heavy (non-hydrogen) atoms. The Kier molecular flexibility index (Phi) is 4.55. The number of hydrogen-bond acceptors (Lipinski definition) is 4. The molecule has 1 aromatic carbocycles. The predicted octanol–water partition coefficient (Wildman–Crippen LogP) is 3.57. The van der Waals surface area contributed by atoms with Crippen LogP contribution in [0.15, 0.2) is 33.5 Å². The van der Waals surface area contributed by atoms with Crippen molar-refractivity contribution < 1.29 is 9.21 Å². The monoisotopic (exact) mass is 388 g/mol. The van der Waals surface area contributed by atoms with Crippen LogP contribution < -0.4 is 5.76 Å². The smallest absolute Gasteiger partial charge is 0.408 e. The van der Waals surface area contributed by atoms with Crippen molar-refractivity contribution in [2.24, 2.45) is 0 Å². The summed E-state index contributed by atoms with van der Waals surface area (Å²) >= 11 is 6.09. The summed E-state index contributed by atoms with van der Waals surface area (Å²) in [7, 11) is 0. The normalized spacial score (nSPS) is 17.8. The first-order valence-electron chi connectivity index (χ1n) is 9.09. The molecule has 1 amide bonds. The molecule has 0 radical (unpaired) electrons. The molecule has 1 unspecified atom stereocenters. The van der Waals surface area contributed by atoms with Gasteiger partial charge in [0.1, 0.15) is 5.69 Å². The average Bonchev–Trinajstić information content (AvgIpc) is 3.25. The maximum absolute atomic E-state index is 12.9. The third-order valence-corrected chi connectivity index (χ3v) is 5.30. The fourth-order valence-electron chi connectivity index (χ4n) is 3.61. The van der Waals surface area contributed by atoms with Gasteiger partial charge in [-0.1, -0.05) is 25.4 Å². The molecule has 2 aromatic heterocycles. The van der Waals surface area contributed by atoms with Gasteiger partial charge in [0.2, 0.25) is 0 Å². The van der Waals surface area contributed by atoms with Crippen LogP contribution in [0.5, 0.6) is 0 Å². The molecule has 0 spiro atoms. The van der Waals surface area contributed by atoms with Crippen molar-refractivity contribution in [1.82, 2.24) is 19.7 Å². The number of nitrogens with one attached hydrogen (secondary N) is 1. The topological polar surface area (TPSA) is 84.1 Å². The summed E-state index contributed by atoms with van der Waals surface area (Å²) in [6.07, 6.45) is 1.60. The van der Waals surface area contributed by atoms with E-state index in [2.05, 4.69) is 10.2 Å². The van der Waals surface area contributed by atoms with Crippen LogP contribution in [0.4, 0.5) is 0 Å². The lowest BCUT2D eigenvalue weighted by molar-refractivity contribution is 0.0671. The van der Waals surface area contributed by atoms with Gasteiger partial charge < -0.3 is 9.32 Å². The highest BCUT2D eigenvalue weighted by atomic mass is 35.5. The highest BCUT2D eigenvalue weighted by molar-refractivity contribution is 6.31. The molecule has 0 bridgehead atoms. The van der Waals surface area contributed by atoms with E-state index >= 15 is 0 Å². The number of carbonyl (C=O) groups is 1. The summed E-state index contributed by atoms with van der Waals surface area (Å²) in [5.41, 5.74) is 2.50. The summed E-state index contributed by atoms with van der Waals surface area (Å²) < 4.78 is 6.96. The zero-order valence-corrected chi connectivity index (χ0v) is 16.0. The van der Waals surface area contributed by atoms with Crippen LogP contribution in [0.3, 0.4) is 0 Å². The van der Waals surface area contributed by atoms with Gasteiger partial charge in [-0.15, -0.1) is 0 Å². The molecule has 1 fully saturated rings. The van der Waals surface area contributed by atoms with Crippen molar-refractivity contribution in [3.05, 3.63) is 51.2 Å². The number of aromatic nitrogens is 3. The van der Waals surface area contributed by atoms with Gasteiger partial charge in [-0.3, -0.25) is 14.5 Å². The van der Waals surface area contributed by atoms with Crippen LogP contribution in [0.2, 0.25) is 5.02 Å². The third kappa shape index (κ3) is 3.27. The fraction of sp³-hybridized carbons (Fsp3) is 0.421. The molecular formula is C19H21ClN4O3. The van der Waals surface area contributed by atoms with Gasteiger partial charge in [0.05, 0.1) is 11.6 Å². The standard InChI is InChI=1S/C19H21ClN4O3/c1-11(2)14-9-15(22-21-14)18(25)23-7-3-4-13(10-23)24-16-8-12(20)5-6-17(16)27-19(24)26/h5-6,8-9,11,13H,3-4,7,10H2,1-2H3,(H,21,22). The minimum absolute atomic E-state index is 0.123. The summed E-state index contributed by atoms with van der Waals surface area (Å²) in [6.45, 7) is 5.16. The molecule has 1 aliphatic heterocycles. The number of nitrogens with zero attached hydrogens (tertiary/aromatic N) is 3. The fourth-order valence-corrected chi connectivity index (χ4v) is 3.77. The Balaban J connectivity index is 1.61. The first kappa shape index (κ1) is 17.9. The van der Waals surface area contributed by atoms with E-state index in [0.29, 0.717) is 34.9 Å². The minimum Gasteiger partial charge on any atom is -0.408 e. The lowest BCUT2D eigenvalue weighted by Gasteiger charge is -2.32. The van der Waals surface area contributed by atoms with Crippen molar-refractivity contribution in [1.29, 1.82) is 0 Å². The second-order valence-electron chi connectivity index (χ2n) is 7.26. The van der Waals surface area contributed by atoms with Crippen molar-refractivity contribution >= 4 is 28.6 Å². The summed E-state index contributed by atoms with van der Waals surface area (Å²) in [5.74, 6) is -0.274. The number of hydrogen-bond donors (Lipinski definition) is 1. The van der Waals surface area contributed by atoms with E-state index in [1.807, 2.05) is 13.8 Å². The van der Waals surface area contributed by atoms with E-state index in [1.54, 1.807) is 33.7 Å². The van der Waals surface area contributed by atoms with Gasteiger partial charge in [-0.25, -0.2) is 4.79 Å². The van der Waals surface area contributed by atoms with Crippen molar-refractivity contribution in [2.45, 2.75) is 38.6 Å². The largest absolute Gasteiger partial charge is 0.420 e. The predicted molar refractivity (Wildman–Crippen MR) is 102 cm³/mol. The number of fused-ring (bicyclic) bond motifs is 1. The van der Waals surface area contributed by atoms with Crippen LogP contribution in [-0.2, 0) is 0 Å². The van der Waals surface area contributed by atoms with Crippen LogP contribution >= 0.6 is 11.6 Å². The number of amides is 1. The maximum Gasteiger partial charge on any atom is 0.420 e. The second-order valence-corrected chi connectivity index (χ2v) is 7.70. The quantitative estimate of drug-likeness (QED) is 0.743. The van der Waals surface area contributed by atoms with Crippen LogP contribution in [0, 0.1) is 0 Å².